The van der Waals surface area contributed by atoms with Crippen LogP contribution in [-0.2, 0) is 19.4 Å². The van der Waals surface area contributed by atoms with E-state index in [4.69, 9.17) is 10.2 Å². The highest BCUT2D eigenvalue weighted by molar-refractivity contribution is 5.33. The van der Waals surface area contributed by atoms with Gasteiger partial charge in [0.15, 0.2) is 0 Å². The first kappa shape index (κ1) is 15.8. The Morgan fingerprint density at radius 1 is 1.20 bits per heavy atom. The zero-order valence-corrected chi connectivity index (χ0v) is 14.3. The normalized spacial score (nSPS) is 15.0. The van der Waals surface area contributed by atoms with Crippen LogP contribution in [0, 0.1) is 0 Å². The lowest BCUT2D eigenvalue weighted by atomic mass is 9.96. The zero-order chi connectivity index (χ0) is 17.2. The molecular weight excluding hydrogens is 316 g/mol. The number of hydrogen-bond donors (Lipinski definition) is 2. The molecule has 0 unspecified atom stereocenters. The lowest BCUT2D eigenvalue weighted by Gasteiger charge is -2.15. The van der Waals surface area contributed by atoms with Gasteiger partial charge in [-0.1, -0.05) is 35.4 Å². The lowest BCUT2D eigenvalue weighted by Crippen LogP contribution is -2.18. The topological polar surface area (TPSA) is 96.9 Å². The van der Waals surface area contributed by atoms with Crippen molar-refractivity contribution in [3.05, 3.63) is 58.7 Å². The van der Waals surface area contributed by atoms with Crippen LogP contribution < -0.4 is 10.6 Å². The Hall–Kier alpha value is -2.67. The fraction of sp³-hybridized carbons (Fsp3) is 0.389. The number of benzene rings is 1. The van der Waals surface area contributed by atoms with Crippen LogP contribution in [0.25, 0.3) is 0 Å². The summed E-state index contributed by atoms with van der Waals surface area (Å²) in [6.07, 6.45) is 4.63. The van der Waals surface area contributed by atoms with E-state index < -0.39 is 6.04 Å². The number of nitrogens with one attached hydrogen (secondary N) is 1. The average molecular weight is 338 g/mol. The first-order valence-corrected chi connectivity index (χ1v) is 8.62. The second-order valence-corrected chi connectivity index (χ2v) is 6.50. The highest BCUT2D eigenvalue weighted by Gasteiger charge is 2.21. The third-order valence-electron chi connectivity index (χ3n) is 4.71. The van der Waals surface area contributed by atoms with Gasteiger partial charge in [-0.15, -0.1) is 5.10 Å². The Morgan fingerprint density at radius 2 is 2.00 bits per heavy atom. The first-order valence-electron chi connectivity index (χ1n) is 8.62. The number of anilines is 1. The second kappa shape index (κ2) is 6.68. The van der Waals surface area contributed by atoms with Gasteiger partial charge in [-0.05, 0) is 36.8 Å². The van der Waals surface area contributed by atoms with Gasteiger partial charge in [-0.2, -0.15) is 5.10 Å². The Bertz CT molecular complexity index is 840. The third-order valence-corrected chi connectivity index (χ3v) is 4.71. The molecule has 7 heteroatoms. The van der Waals surface area contributed by atoms with E-state index >= 15 is 0 Å². The highest BCUT2D eigenvalue weighted by Crippen LogP contribution is 2.25. The second-order valence-electron chi connectivity index (χ2n) is 6.50. The number of hydrogen-bond acceptors (Lipinski definition) is 6. The minimum atomic E-state index is -0.422. The Kier molecular flexibility index (Phi) is 4.23. The molecule has 2 heterocycles. The summed E-state index contributed by atoms with van der Waals surface area (Å²) in [6, 6.07) is 9.78. The molecule has 7 nitrogen and oxygen atoms in total. The molecule has 3 aromatic rings. The van der Waals surface area contributed by atoms with Crippen molar-refractivity contribution in [2.24, 2.45) is 5.73 Å². The predicted octanol–water partition coefficient (Wildman–Crippen LogP) is 2.36. The van der Waals surface area contributed by atoms with E-state index in [1.807, 2.05) is 42.3 Å². The van der Waals surface area contributed by atoms with Crippen LogP contribution in [0.15, 0.2) is 34.7 Å². The van der Waals surface area contributed by atoms with Crippen molar-refractivity contribution in [2.75, 3.05) is 11.9 Å². The molecule has 4 rings (SSSR count). The third kappa shape index (κ3) is 3.15. The number of nitrogens with zero attached hydrogens (tertiary/aromatic N) is 4. The van der Waals surface area contributed by atoms with Crippen molar-refractivity contribution in [1.82, 2.24) is 20.4 Å². The van der Waals surface area contributed by atoms with E-state index in [0.29, 0.717) is 18.5 Å². The molecule has 1 aliphatic rings. The largest absolute Gasteiger partial charge is 0.406 e. The van der Waals surface area contributed by atoms with Crippen LogP contribution in [0.3, 0.4) is 0 Å². The van der Waals surface area contributed by atoms with Gasteiger partial charge in [0.25, 0.3) is 0 Å². The Morgan fingerprint density at radius 3 is 2.84 bits per heavy atom. The predicted molar refractivity (Wildman–Crippen MR) is 94.1 cm³/mol. The number of nitrogens with two attached hydrogens (primary N) is 1. The minimum absolute atomic E-state index is 0.414. The molecule has 25 heavy (non-hydrogen) atoms. The van der Waals surface area contributed by atoms with Crippen molar-refractivity contribution in [3.63, 3.8) is 0 Å². The van der Waals surface area contributed by atoms with Gasteiger partial charge in [0, 0.05) is 12.7 Å². The molecule has 1 aliphatic carbocycles. The molecule has 3 N–H and O–H groups in total. The summed E-state index contributed by atoms with van der Waals surface area (Å²) in [7, 11) is 1.93. The fourth-order valence-corrected chi connectivity index (χ4v) is 3.28. The molecule has 2 aromatic heterocycles. The van der Waals surface area contributed by atoms with Gasteiger partial charge in [0.2, 0.25) is 5.89 Å². The number of aryl methyl sites for hydroxylation is 1. The summed E-state index contributed by atoms with van der Waals surface area (Å²) in [6.45, 7) is 0.633. The summed E-state index contributed by atoms with van der Waals surface area (Å²) in [4.78, 5) is 1.92. The van der Waals surface area contributed by atoms with Crippen LogP contribution in [0.2, 0.25) is 0 Å². The Balaban J connectivity index is 1.49. The SMILES string of the molecule is CN(Cc1n[nH]c2c1CCCC2)c1nnc([C@H](N)c2ccccc2)o1. The first-order chi connectivity index (χ1) is 12.2. The maximum absolute atomic E-state index is 6.22. The molecular formula is C18H22N6O. The number of aromatic amines is 1. The van der Waals surface area contributed by atoms with Crippen molar-refractivity contribution < 1.29 is 4.42 Å². The van der Waals surface area contributed by atoms with Gasteiger partial charge in [0.1, 0.15) is 6.04 Å². The number of H-pyrrole nitrogens is 1. The quantitative estimate of drug-likeness (QED) is 0.741. The standard InChI is InChI=1S/C18H22N6O/c1-24(11-15-13-9-5-6-10-14(13)20-21-15)18-23-22-17(25-18)16(19)12-7-3-2-4-8-12/h2-4,7-8,16H,5-6,9-11,19H2,1H3,(H,20,21)/t16-/m1/s1. The van der Waals surface area contributed by atoms with Crippen molar-refractivity contribution in [2.45, 2.75) is 38.3 Å². The van der Waals surface area contributed by atoms with E-state index in [-0.39, 0.29) is 0 Å². The molecule has 0 radical (unpaired) electrons. The van der Waals surface area contributed by atoms with E-state index in [9.17, 15) is 0 Å². The zero-order valence-electron chi connectivity index (χ0n) is 14.3. The van der Waals surface area contributed by atoms with Gasteiger partial charge in [0.05, 0.1) is 12.2 Å². The highest BCUT2D eigenvalue weighted by atomic mass is 16.4. The smallest absolute Gasteiger partial charge is 0.318 e. The van der Waals surface area contributed by atoms with Gasteiger partial charge in [-0.25, -0.2) is 0 Å². The van der Waals surface area contributed by atoms with E-state index in [1.165, 1.54) is 24.1 Å². The molecule has 1 atom stereocenters. The van der Waals surface area contributed by atoms with Gasteiger partial charge < -0.3 is 15.1 Å². The summed E-state index contributed by atoms with van der Waals surface area (Å²) in [5.41, 5.74) is 10.8. The fourth-order valence-electron chi connectivity index (χ4n) is 3.28. The molecule has 0 aliphatic heterocycles. The maximum Gasteiger partial charge on any atom is 0.318 e. The minimum Gasteiger partial charge on any atom is -0.406 e. The average Bonchev–Trinajstić information content (AvgIpc) is 3.30. The van der Waals surface area contributed by atoms with Gasteiger partial charge >= 0.3 is 6.01 Å². The Labute approximate surface area is 146 Å². The van der Waals surface area contributed by atoms with Crippen molar-refractivity contribution in [1.29, 1.82) is 0 Å². The lowest BCUT2D eigenvalue weighted by molar-refractivity contribution is 0.469. The summed E-state index contributed by atoms with van der Waals surface area (Å²) in [5, 5.41) is 15.9. The molecule has 0 spiro atoms. The number of aromatic nitrogens is 4. The molecule has 0 fully saturated rings. The summed E-state index contributed by atoms with van der Waals surface area (Å²) in [5.74, 6) is 0.414. The van der Waals surface area contributed by atoms with Crippen LogP contribution in [-0.4, -0.2) is 27.4 Å². The van der Waals surface area contributed by atoms with Gasteiger partial charge in [-0.3, -0.25) is 5.10 Å². The van der Waals surface area contributed by atoms with E-state index in [1.54, 1.807) is 0 Å². The van der Waals surface area contributed by atoms with Crippen LogP contribution in [0.5, 0.6) is 0 Å². The molecule has 0 saturated carbocycles. The molecule has 130 valence electrons. The van der Waals surface area contributed by atoms with Crippen LogP contribution in [0.1, 0.15) is 47.3 Å². The molecule has 1 aromatic carbocycles. The van der Waals surface area contributed by atoms with Crippen molar-refractivity contribution in [3.8, 4) is 0 Å². The molecule has 0 saturated heterocycles. The maximum atomic E-state index is 6.22. The summed E-state index contributed by atoms with van der Waals surface area (Å²) < 4.78 is 5.80. The summed E-state index contributed by atoms with van der Waals surface area (Å²) >= 11 is 0. The molecule has 0 amide bonds. The molecule has 0 bridgehead atoms. The van der Waals surface area contributed by atoms with Crippen LogP contribution in [0.4, 0.5) is 6.01 Å². The monoisotopic (exact) mass is 338 g/mol. The number of rotatable bonds is 5. The van der Waals surface area contributed by atoms with E-state index in [0.717, 1.165) is 24.1 Å². The van der Waals surface area contributed by atoms with Crippen LogP contribution >= 0.6 is 0 Å². The number of fused-ring (bicyclic) bond motifs is 1. The van der Waals surface area contributed by atoms with E-state index in [2.05, 4.69) is 20.4 Å². The van der Waals surface area contributed by atoms with Crippen molar-refractivity contribution >= 4 is 6.01 Å².